The van der Waals surface area contributed by atoms with E-state index in [0.717, 1.165) is 18.4 Å². The molecule has 0 spiro atoms. The quantitative estimate of drug-likeness (QED) is 0.781. The zero-order chi connectivity index (χ0) is 11.6. The van der Waals surface area contributed by atoms with E-state index >= 15 is 0 Å². The van der Waals surface area contributed by atoms with Crippen molar-refractivity contribution in [2.45, 2.75) is 25.4 Å². The van der Waals surface area contributed by atoms with E-state index in [2.05, 4.69) is 4.98 Å². The van der Waals surface area contributed by atoms with Gasteiger partial charge in [0.05, 0.1) is 12.8 Å². The van der Waals surface area contributed by atoms with Crippen LogP contribution < -0.4 is 10.5 Å². The molecule has 88 valence electrons. The van der Waals surface area contributed by atoms with Gasteiger partial charge in [-0.1, -0.05) is 0 Å². The third-order valence-electron chi connectivity index (χ3n) is 3.09. The lowest BCUT2D eigenvalue weighted by Gasteiger charge is -2.26. The fraction of sp³-hybridized carbons (Fsp3) is 0.583. The number of nitrogens with zero attached hydrogens (tertiary/aromatic N) is 1. The van der Waals surface area contributed by atoms with E-state index < -0.39 is 5.60 Å². The Morgan fingerprint density at radius 1 is 1.56 bits per heavy atom. The SMILES string of the molecule is CCOc1cncc(C(O)(CN)C2CC2)c1. The van der Waals surface area contributed by atoms with Crippen molar-refractivity contribution in [2.24, 2.45) is 11.7 Å². The van der Waals surface area contributed by atoms with Gasteiger partial charge in [-0.2, -0.15) is 0 Å². The average Bonchev–Trinajstić information content (AvgIpc) is 3.13. The van der Waals surface area contributed by atoms with E-state index in [1.165, 1.54) is 0 Å². The molecular formula is C12H18N2O2. The van der Waals surface area contributed by atoms with Crippen molar-refractivity contribution in [3.8, 4) is 5.75 Å². The van der Waals surface area contributed by atoms with E-state index in [4.69, 9.17) is 10.5 Å². The second-order valence-electron chi connectivity index (χ2n) is 4.24. The maximum absolute atomic E-state index is 10.5. The molecule has 1 aliphatic rings. The molecule has 4 heteroatoms. The molecular weight excluding hydrogens is 204 g/mol. The summed E-state index contributed by atoms with van der Waals surface area (Å²) < 4.78 is 5.37. The highest BCUT2D eigenvalue weighted by Crippen LogP contribution is 2.45. The van der Waals surface area contributed by atoms with Gasteiger partial charge in [0, 0.05) is 18.3 Å². The largest absolute Gasteiger partial charge is 0.492 e. The topological polar surface area (TPSA) is 68.4 Å². The highest BCUT2D eigenvalue weighted by atomic mass is 16.5. The monoisotopic (exact) mass is 222 g/mol. The minimum Gasteiger partial charge on any atom is -0.492 e. The van der Waals surface area contributed by atoms with Crippen LogP contribution in [0.5, 0.6) is 5.75 Å². The summed E-state index contributed by atoms with van der Waals surface area (Å²) in [7, 11) is 0. The van der Waals surface area contributed by atoms with Crippen LogP contribution in [-0.2, 0) is 5.60 Å². The molecule has 1 heterocycles. The molecule has 0 aromatic carbocycles. The van der Waals surface area contributed by atoms with Gasteiger partial charge in [-0.15, -0.1) is 0 Å². The second kappa shape index (κ2) is 4.39. The smallest absolute Gasteiger partial charge is 0.137 e. The molecule has 1 saturated carbocycles. The highest BCUT2D eigenvalue weighted by Gasteiger charge is 2.44. The van der Waals surface area contributed by atoms with Crippen LogP contribution in [0.15, 0.2) is 18.5 Å². The van der Waals surface area contributed by atoms with Crippen molar-refractivity contribution < 1.29 is 9.84 Å². The normalized spacial score (nSPS) is 19.2. The fourth-order valence-electron chi connectivity index (χ4n) is 1.98. The number of rotatable bonds is 5. The van der Waals surface area contributed by atoms with Gasteiger partial charge in [-0.25, -0.2) is 0 Å². The molecule has 1 atom stereocenters. The van der Waals surface area contributed by atoms with Crippen LogP contribution in [0.3, 0.4) is 0 Å². The maximum Gasteiger partial charge on any atom is 0.137 e. The highest BCUT2D eigenvalue weighted by molar-refractivity contribution is 5.30. The summed E-state index contributed by atoms with van der Waals surface area (Å²) in [5.41, 5.74) is 5.52. The van der Waals surface area contributed by atoms with E-state index in [-0.39, 0.29) is 12.5 Å². The molecule has 0 amide bonds. The molecule has 0 saturated heterocycles. The number of aromatic nitrogens is 1. The summed E-state index contributed by atoms with van der Waals surface area (Å²) in [6.45, 7) is 2.74. The van der Waals surface area contributed by atoms with Crippen LogP contribution in [0.2, 0.25) is 0 Å². The first-order valence-corrected chi connectivity index (χ1v) is 5.71. The van der Waals surface area contributed by atoms with Gasteiger partial charge in [0.25, 0.3) is 0 Å². The Morgan fingerprint density at radius 3 is 2.88 bits per heavy atom. The standard InChI is InChI=1S/C12H18N2O2/c1-2-16-11-5-10(6-14-7-11)12(15,8-13)9-3-4-9/h5-7,9,15H,2-4,8,13H2,1H3. The average molecular weight is 222 g/mol. The molecule has 1 aliphatic carbocycles. The summed E-state index contributed by atoms with van der Waals surface area (Å²) in [5.74, 6) is 0.962. The number of nitrogens with two attached hydrogens (primary N) is 1. The van der Waals surface area contributed by atoms with Crippen LogP contribution in [-0.4, -0.2) is 23.2 Å². The molecule has 1 aromatic rings. The van der Waals surface area contributed by atoms with Gasteiger partial charge < -0.3 is 15.6 Å². The third kappa shape index (κ3) is 2.03. The number of hydrogen-bond donors (Lipinski definition) is 2. The van der Waals surface area contributed by atoms with E-state index in [9.17, 15) is 5.11 Å². The van der Waals surface area contributed by atoms with Crippen LogP contribution in [0.1, 0.15) is 25.3 Å². The second-order valence-corrected chi connectivity index (χ2v) is 4.24. The van der Waals surface area contributed by atoms with E-state index in [1.807, 2.05) is 13.0 Å². The van der Waals surface area contributed by atoms with Crippen LogP contribution in [0.4, 0.5) is 0 Å². The molecule has 3 N–H and O–H groups in total. The Hall–Kier alpha value is -1.13. The van der Waals surface area contributed by atoms with Gasteiger partial charge in [-0.3, -0.25) is 4.98 Å². The molecule has 2 rings (SSSR count). The lowest BCUT2D eigenvalue weighted by atomic mass is 9.90. The van der Waals surface area contributed by atoms with Crippen LogP contribution in [0, 0.1) is 5.92 Å². The summed E-state index contributed by atoms with van der Waals surface area (Å²) in [6.07, 6.45) is 5.39. The first-order valence-electron chi connectivity index (χ1n) is 5.71. The molecule has 1 aromatic heterocycles. The van der Waals surface area contributed by atoms with E-state index in [1.54, 1.807) is 12.4 Å². The zero-order valence-electron chi connectivity index (χ0n) is 9.52. The maximum atomic E-state index is 10.5. The minimum absolute atomic E-state index is 0.231. The van der Waals surface area contributed by atoms with Crippen molar-refractivity contribution in [2.75, 3.05) is 13.2 Å². The summed E-state index contributed by atoms with van der Waals surface area (Å²) in [5, 5.41) is 10.5. The van der Waals surface area contributed by atoms with Crippen molar-refractivity contribution >= 4 is 0 Å². The van der Waals surface area contributed by atoms with Gasteiger partial charge in [0.15, 0.2) is 0 Å². The van der Waals surface area contributed by atoms with Gasteiger partial charge in [0.2, 0.25) is 0 Å². The summed E-state index contributed by atoms with van der Waals surface area (Å²) in [4.78, 5) is 4.09. The van der Waals surface area contributed by atoms with Gasteiger partial charge in [-0.05, 0) is 31.7 Å². The minimum atomic E-state index is -0.930. The Balaban J connectivity index is 2.27. The molecule has 0 aliphatic heterocycles. The van der Waals surface area contributed by atoms with Crippen molar-refractivity contribution in [3.05, 3.63) is 24.0 Å². The van der Waals surface area contributed by atoms with Crippen molar-refractivity contribution in [1.82, 2.24) is 4.98 Å². The molecule has 1 fully saturated rings. The molecule has 0 bridgehead atoms. The Bertz CT molecular complexity index is 366. The first-order chi connectivity index (χ1) is 7.70. The summed E-state index contributed by atoms with van der Waals surface area (Å²) >= 11 is 0. The van der Waals surface area contributed by atoms with E-state index in [0.29, 0.717) is 12.4 Å². The molecule has 0 radical (unpaired) electrons. The van der Waals surface area contributed by atoms with Crippen molar-refractivity contribution in [3.63, 3.8) is 0 Å². The number of hydrogen-bond acceptors (Lipinski definition) is 4. The lowest BCUT2D eigenvalue weighted by Crippen LogP contribution is -2.37. The predicted molar refractivity (Wildman–Crippen MR) is 61.1 cm³/mol. The zero-order valence-corrected chi connectivity index (χ0v) is 9.52. The number of aliphatic hydroxyl groups is 1. The number of pyridine rings is 1. The Labute approximate surface area is 95.4 Å². The van der Waals surface area contributed by atoms with Crippen LogP contribution >= 0.6 is 0 Å². The van der Waals surface area contributed by atoms with Gasteiger partial charge >= 0.3 is 0 Å². The van der Waals surface area contributed by atoms with Gasteiger partial charge in [0.1, 0.15) is 11.4 Å². The lowest BCUT2D eigenvalue weighted by molar-refractivity contribution is 0.0216. The third-order valence-corrected chi connectivity index (χ3v) is 3.09. The Morgan fingerprint density at radius 2 is 2.31 bits per heavy atom. The first kappa shape index (κ1) is 11.4. The fourth-order valence-corrected chi connectivity index (χ4v) is 1.98. The Kier molecular flexibility index (Phi) is 3.12. The molecule has 16 heavy (non-hydrogen) atoms. The molecule has 4 nitrogen and oxygen atoms in total. The summed E-state index contributed by atoms with van der Waals surface area (Å²) in [6, 6.07) is 1.84. The van der Waals surface area contributed by atoms with Crippen molar-refractivity contribution in [1.29, 1.82) is 0 Å². The number of ether oxygens (including phenoxy) is 1. The van der Waals surface area contributed by atoms with Crippen LogP contribution in [0.25, 0.3) is 0 Å². The molecule has 1 unspecified atom stereocenters. The predicted octanol–water partition coefficient (Wildman–Crippen LogP) is 1.04.